The van der Waals surface area contributed by atoms with Crippen molar-refractivity contribution in [1.82, 2.24) is 4.98 Å². The van der Waals surface area contributed by atoms with Crippen LogP contribution in [0.5, 0.6) is 0 Å². The van der Waals surface area contributed by atoms with E-state index in [2.05, 4.69) is 31.1 Å². The first-order valence-electron chi connectivity index (χ1n) is 10.2. The molecule has 0 atom stereocenters. The number of carbonyl (C=O) groups is 1. The van der Waals surface area contributed by atoms with Crippen molar-refractivity contribution >= 4 is 55.8 Å². The minimum Gasteiger partial charge on any atom is -0.457 e. The van der Waals surface area contributed by atoms with Crippen LogP contribution in [0, 0.1) is 5.41 Å². The van der Waals surface area contributed by atoms with Gasteiger partial charge >= 0.3 is 5.97 Å². The first-order chi connectivity index (χ1) is 16.3. The molecule has 4 rings (SSSR count). The first-order valence-corrected chi connectivity index (χ1v) is 10.5. The molecule has 4 aromatic rings. The number of pyridine rings is 1. The largest absolute Gasteiger partial charge is 0.457 e. The molecule has 166 valence electrons. The predicted molar refractivity (Wildman–Crippen MR) is 128 cm³/mol. The summed E-state index contributed by atoms with van der Waals surface area (Å²) in [7, 11) is 0. The average Bonchev–Trinajstić information content (AvgIpc) is 3.13. The van der Waals surface area contributed by atoms with Gasteiger partial charge in [0, 0.05) is 33.1 Å². The minimum absolute atomic E-state index is 0.0397. The van der Waals surface area contributed by atoms with Gasteiger partial charge in [0.15, 0.2) is 5.88 Å². The number of carbonyl (C=O) groups excluding carboxylic acids is 1. The number of benzene rings is 2. The van der Waals surface area contributed by atoms with E-state index in [4.69, 9.17) is 27.4 Å². The van der Waals surface area contributed by atoms with E-state index in [1.54, 1.807) is 30.5 Å². The number of fused-ring (bicyclic) bond motifs is 1. The van der Waals surface area contributed by atoms with Crippen molar-refractivity contribution in [3.8, 4) is 0 Å². The van der Waals surface area contributed by atoms with E-state index in [-0.39, 0.29) is 36.6 Å². The van der Waals surface area contributed by atoms with Crippen LogP contribution >= 0.6 is 15.9 Å². The number of rotatable bonds is 7. The molecule has 0 aliphatic heterocycles. The molecule has 5 N–H and O–H groups in total. The van der Waals surface area contributed by atoms with Crippen LogP contribution < -0.4 is 11.5 Å². The number of nitrogens with two attached hydrogens (primary N) is 2. The van der Waals surface area contributed by atoms with E-state index in [9.17, 15) is 4.79 Å². The van der Waals surface area contributed by atoms with Gasteiger partial charge in [-0.3, -0.25) is 15.2 Å². The summed E-state index contributed by atoms with van der Waals surface area (Å²) in [6, 6.07) is 13.8. The Morgan fingerprint density at radius 3 is 2.70 bits per heavy atom. The molecule has 9 nitrogen and oxygen atoms in total. The SMILES string of the molecule is [3H]c1cc(N)oc1COC(=O)Cc1ncc2ccc(Br)cc2c1N=Nc1ccc(C(=N)N)cc1. The topological polar surface area (TPSA) is 153 Å². The van der Waals surface area contributed by atoms with Crippen molar-refractivity contribution in [1.29, 1.82) is 5.41 Å². The Hall–Kier alpha value is -4.05. The summed E-state index contributed by atoms with van der Waals surface area (Å²) in [5.74, 6) is -0.368. The number of hydrogen-bond donors (Lipinski definition) is 3. The molecule has 2 aromatic carbocycles. The summed E-state index contributed by atoms with van der Waals surface area (Å²) in [6.45, 7) is -0.215. The van der Waals surface area contributed by atoms with Crippen LogP contribution in [0.2, 0.25) is 0 Å². The van der Waals surface area contributed by atoms with E-state index in [1.807, 2.05) is 18.2 Å². The number of nitrogens with one attached hydrogen (secondary N) is 1. The van der Waals surface area contributed by atoms with Gasteiger partial charge in [0.1, 0.15) is 23.9 Å². The number of esters is 1. The molecule has 2 aromatic heterocycles. The summed E-state index contributed by atoms with van der Waals surface area (Å²) in [5.41, 5.74) is 12.9. The summed E-state index contributed by atoms with van der Waals surface area (Å²) < 4.78 is 19.0. The highest BCUT2D eigenvalue weighted by molar-refractivity contribution is 9.10. The summed E-state index contributed by atoms with van der Waals surface area (Å²) in [6.07, 6.45) is 1.49. The summed E-state index contributed by atoms with van der Waals surface area (Å²) >= 11 is 3.46. The number of aromatic nitrogens is 1. The number of nitrogens with zero attached hydrogens (tertiary/aromatic N) is 3. The molecule has 0 fully saturated rings. The molecule has 0 saturated heterocycles. The van der Waals surface area contributed by atoms with E-state index < -0.39 is 5.97 Å². The third kappa shape index (κ3) is 5.42. The van der Waals surface area contributed by atoms with E-state index in [0.717, 1.165) is 15.2 Å². The number of ether oxygens (including phenoxy) is 1. The third-order valence-corrected chi connectivity index (χ3v) is 5.13. The molecule has 0 bridgehead atoms. The van der Waals surface area contributed by atoms with Crippen molar-refractivity contribution in [3.63, 3.8) is 0 Å². The van der Waals surface area contributed by atoms with Crippen molar-refractivity contribution in [2.75, 3.05) is 5.73 Å². The van der Waals surface area contributed by atoms with E-state index in [0.29, 0.717) is 22.6 Å². The van der Waals surface area contributed by atoms with Gasteiger partial charge in [-0.15, -0.1) is 5.11 Å². The molecule has 0 aliphatic carbocycles. The Balaban J connectivity index is 1.62. The second kappa shape index (κ2) is 9.61. The highest BCUT2D eigenvalue weighted by atomic mass is 79.9. The van der Waals surface area contributed by atoms with Crippen LogP contribution in [-0.4, -0.2) is 16.8 Å². The number of hydrogen-bond acceptors (Lipinski definition) is 8. The Morgan fingerprint density at radius 1 is 1.21 bits per heavy atom. The number of halogens is 1. The molecule has 2 heterocycles. The highest BCUT2D eigenvalue weighted by Crippen LogP contribution is 2.33. The predicted octanol–water partition coefficient (Wildman–Crippen LogP) is 5.16. The van der Waals surface area contributed by atoms with Crippen LogP contribution in [0.25, 0.3) is 10.8 Å². The Kier molecular flexibility index (Phi) is 6.07. The number of amidine groups is 1. The standard InChI is InChI=1S/C23H19BrN6O3/c24-15-4-1-14-11-28-19(10-21(31)32-12-17-7-8-20(25)33-17)22(18(14)9-15)30-29-16-5-2-13(3-6-16)23(26)27/h1-9,11H,10,12,25H2,(H3,26,27)/i7T. The van der Waals surface area contributed by atoms with Gasteiger partial charge in [0.2, 0.25) is 0 Å². The third-order valence-electron chi connectivity index (χ3n) is 4.64. The Morgan fingerprint density at radius 2 is 2.00 bits per heavy atom. The van der Waals surface area contributed by atoms with Crippen LogP contribution in [0.4, 0.5) is 17.3 Å². The van der Waals surface area contributed by atoms with E-state index >= 15 is 0 Å². The van der Waals surface area contributed by atoms with Gasteiger partial charge in [0.05, 0.1) is 19.2 Å². The van der Waals surface area contributed by atoms with Crippen LogP contribution in [0.3, 0.4) is 0 Å². The molecule has 10 heteroatoms. The zero-order valence-corrected chi connectivity index (χ0v) is 18.8. The zero-order chi connectivity index (χ0) is 24.2. The van der Waals surface area contributed by atoms with Gasteiger partial charge in [-0.05, 0) is 42.4 Å². The second-order valence-corrected chi connectivity index (χ2v) is 7.92. The van der Waals surface area contributed by atoms with Crippen LogP contribution in [-0.2, 0) is 22.6 Å². The van der Waals surface area contributed by atoms with Crippen LogP contribution in [0.15, 0.2) is 79.9 Å². The molecule has 33 heavy (non-hydrogen) atoms. The maximum atomic E-state index is 12.5. The average molecular weight is 509 g/mol. The lowest BCUT2D eigenvalue weighted by Crippen LogP contribution is -2.10. The molecule has 0 aliphatic rings. The molecule has 0 unspecified atom stereocenters. The summed E-state index contributed by atoms with van der Waals surface area (Å²) in [4.78, 5) is 16.9. The summed E-state index contributed by atoms with van der Waals surface area (Å²) in [5, 5.41) is 17.7. The van der Waals surface area contributed by atoms with Crippen molar-refractivity contribution in [2.24, 2.45) is 16.0 Å². The van der Waals surface area contributed by atoms with Gasteiger partial charge in [0.25, 0.3) is 0 Å². The first kappa shape index (κ1) is 20.8. The van der Waals surface area contributed by atoms with Gasteiger partial charge in [-0.1, -0.05) is 22.0 Å². The zero-order valence-electron chi connectivity index (χ0n) is 18.2. The van der Waals surface area contributed by atoms with Crippen molar-refractivity contribution in [2.45, 2.75) is 13.0 Å². The maximum Gasteiger partial charge on any atom is 0.312 e. The monoisotopic (exact) mass is 508 g/mol. The lowest BCUT2D eigenvalue weighted by molar-refractivity contribution is -0.144. The highest BCUT2D eigenvalue weighted by Gasteiger charge is 2.15. The molecular weight excluding hydrogens is 488 g/mol. The molecule has 0 radical (unpaired) electrons. The smallest absolute Gasteiger partial charge is 0.312 e. The normalized spacial score (nSPS) is 11.6. The van der Waals surface area contributed by atoms with Crippen molar-refractivity contribution in [3.05, 3.63) is 82.3 Å². The molecule has 0 spiro atoms. The van der Waals surface area contributed by atoms with Gasteiger partial charge in [-0.25, -0.2) is 0 Å². The number of azo groups is 1. The maximum absolute atomic E-state index is 12.5. The Labute approximate surface area is 198 Å². The Bertz CT molecular complexity index is 1420. The quantitative estimate of drug-likeness (QED) is 0.135. The van der Waals surface area contributed by atoms with Crippen LogP contribution in [0.1, 0.15) is 18.4 Å². The molecule has 0 saturated carbocycles. The fourth-order valence-corrected chi connectivity index (χ4v) is 3.39. The number of furan rings is 1. The second-order valence-electron chi connectivity index (χ2n) is 7.00. The lowest BCUT2D eigenvalue weighted by Gasteiger charge is -2.09. The molecule has 0 amide bonds. The fraction of sp³-hybridized carbons (Fsp3) is 0.0870. The number of anilines is 1. The lowest BCUT2D eigenvalue weighted by atomic mass is 10.1. The van der Waals surface area contributed by atoms with Crippen molar-refractivity contribution < 1.29 is 15.3 Å². The minimum atomic E-state index is -0.571. The number of nitrogen functional groups attached to an aromatic ring is 2. The van der Waals surface area contributed by atoms with Gasteiger partial charge in [-0.2, -0.15) is 5.11 Å². The fourth-order valence-electron chi connectivity index (χ4n) is 3.02. The van der Waals surface area contributed by atoms with E-state index in [1.165, 1.54) is 6.07 Å². The molecular formula is C23H19BrN6O3. The van der Waals surface area contributed by atoms with Gasteiger partial charge < -0.3 is 20.6 Å².